The normalized spacial score (nSPS) is 14.8. The highest BCUT2D eigenvalue weighted by Crippen LogP contribution is 2.16. The van der Waals surface area contributed by atoms with Crippen molar-refractivity contribution in [1.82, 2.24) is 0 Å². The van der Waals surface area contributed by atoms with Crippen molar-refractivity contribution in [3.8, 4) is 0 Å². The highest BCUT2D eigenvalue weighted by atomic mass is 16.5. The standard InChI is InChI=1S/C21H36O2/c1-5-7-8-9-10-11-12-13-14-15-16-17-18-19(3)21(6-2)23-20(4)22/h10-11,13-14,16-17,19,21H,5-9,12,15,18H2,1-4H3/b11-10-,14-13-,17-16-. The number of esters is 1. The first-order chi connectivity index (χ1) is 11.1. The van der Waals surface area contributed by atoms with E-state index in [0.717, 1.165) is 25.7 Å². The molecule has 0 N–H and O–H groups in total. The summed E-state index contributed by atoms with van der Waals surface area (Å²) in [7, 11) is 0. The van der Waals surface area contributed by atoms with Gasteiger partial charge in [-0.05, 0) is 44.4 Å². The predicted molar refractivity (Wildman–Crippen MR) is 100 cm³/mol. The topological polar surface area (TPSA) is 26.3 Å². The second kappa shape index (κ2) is 15.6. The van der Waals surface area contributed by atoms with Gasteiger partial charge in [-0.25, -0.2) is 0 Å². The van der Waals surface area contributed by atoms with Gasteiger partial charge in [0.15, 0.2) is 0 Å². The minimum absolute atomic E-state index is 0.0329. The molecule has 0 fully saturated rings. The molecule has 0 bridgehead atoms. The zero-order chi connectivity index (χ0) is 17.3. The maximum Gasteiger partial charge on any atom is 0.302 e. The van der Waals surface area contributed by atoms with Crippen molar-refractivity contribution in [3.63, 3.8) is 0 Å². The van der Waals surface area contributed by atoms with Gasteiger partial charge in [-0.3, -0.25) is 4.79 Å². The average molecular weight is 321 g/mol. The third-order valence-electron chi connectivity index (χ3n) is 3.88. The van der Waals surface area contributed by atoms with Crippen molar-refractivity contribution in [1.29, 1.82) is 0 Å². The van der Waals surface area contributed by atoms with Gasteiger partial charge in [-0.2, -0.15) is 0 Å². The first kappa shape index (κ1) is 21.7. The Hall–Kier alpha value is -1.31. The van der Waals surface area contributed by atoms with Gasteiger partial charge in [0.25, 0.3) is 0 Å². The highest BCUT2D eigenvalue weighted by molar-refractivity contribution is 5.66. The lowest BCUT2D eigenvalue weighted by Crippen LogP contribution is -2.23. The molecule has 0 rings (SSSR count). The number of hydrogen-bond acceptors (Lipinski definition) is 2. The molecular formula is C21H36O2. The van der Waals surface area contributed by atoms with Crippen LogP contribution in [-0.2, 0) is 9.53 Å². The van der Waals surface area contributed by atoms with Gasteiger partial charge in [0.05, 0.1) is 0 Å². The predicted octanol–water partition coefficient (Wildman–Crippen LogP) is 6.38. The third kappa shape index (κ3) is 14.0. The molecule has 0 amide bonds. The van der Waals surface area contributed by atoms with Gasteiger partial charge in [0, 0.05) is 6.92 Å². The summed E-state index contributed by atoms with van der Waals surface area (Å²) < 4.78 is 5.32. The number of allylic oxidation sites excluding steroid dienone is 6. The summed E-state index contributed by atoms with van der Waals surface area (Å²) in [6.07, 6.45) is 22.4. The lowest BCUT2D eigenvalue weighted by atomic mass is 9.98. The van der Waals surface area contributed by atoms with Crippen LogP contribution < -0.4 is 0 Å². The van der Waals surface area contributed by atoms with E-state index >= 15 is 0 Å². The number of carbonyl (C=O) groups excluding carboxylic acids is 1. The molecule has 0 spiro atoms. The molecule has 0 aliphatic carbocycles. The fourth-order valence-electron chi connectivity index (χ4n) is 2.45. The van der Waals surface area contributed by atoms with E-state index in [4.69, 9.17) is 4.74 Å². The van der Waals surface area contributed by atoms with Crippen molar-refractivity contribution < 1.29 is 9.53 Å². The number of ether oxygens (including phenoxy) is 1. The van der Waals surface area contributed by atoms with Crippen molar-refractivity contribution in [3.05, 3.63) is 36.5 Å². The van der Waals surface area contributed by atoms with Crippen LogP contribution in [0.25, 0.3) is 0 Å². The zero-order valence-corrected chi connectivity index (χ0v) is 15.6. The summed E-state index contributed by atoms with van der Waals surface area (Å²) in [4.78, 5) is 11.0. The molecule has 2 nitrogen and oxygen atoms in total. The number of unbranched alkanes of at least 4 members (excludes halogenated alkanes) is 3. The molecule has 0 aromatic heterocycles. The molecular weight excluding hydrogens is 284 g/mol. The van der Waals surface area contributed by atoms with Crippen molar-refractivity contribution in [2.24, 2.45) is 5.92 Å². The van der Waals surface area contributed by atoms with Crippen LogP contribution in [0.1, 0.15) is 79.1 Å². The summed E-state index contributed by atoms with van der Waals surface area (Å²) in [6, 6.07) is 0. The van der Waals surface area contributed by atoms with Crippen LogP contribution in [0, 0.1) is 5.92 Å². The molecule has 2 atom stereocenters. The quantitative estimate of drug-likeness (QED) is 0.223. The summed E-state index contributed by atoms with van der Waals surface area (Å²) in [6.45, 7) is 7.92. The van der Waals surface area contributed by atoms with E-state index in [1.807, 2.05) is 0 Å². The monoisotopic (exact) mass is 320 g/mol. The van der Waals surface area contributed by atoms with Crippen LogP contribution in [0.5, 0.6) is 0 Å². The van der Waals surface area contributed by atoms with Gasteiger partial charge >= 0.3 is 5.97 Å². The van der Waals surface area contributed by atoms with E-state index in [-0.39, 0.29) is 12.1 Å². The zero-order valence-electron chi connectivity index (χ0n) is 15.6. The van der Waals surface area contributed by atoms with Crippen LogP contribution in [-0.4, -0.2) is 12.1 Å². The number of carbonyl (C=O) groups is 1. The van der Waals surface area contributed by atoms with Crippen molar-refractivity contribution >= 4 is 5.97 Å². The van der Waals surface area contributed by atoms with Crippen LogP contribution in [0.15, 0.2) is 36.5 Å². The molecule has 2 heteroatoms. The molecule has 0 aliphatic rings. The van der Waals surface area contributed by atoms with Crippen LogP contribution in [0.3, 0.4) is 0 Å². The Morgan fingerprint density at radius 1 is 0.957 bits per heavy atom. The van der Waals surface area contributed by atoms with Crippen LogP contribution in [0.2, 0.25) is 0 Å². The summed E-state index contributed by atoms with van der Waals surface area (Å²) >= 11 is 0. The SMILES string of the molecule is CCCCC/C=C\C/C=C\C/C=C\CC(C)C(CC)OC(C)=O. The second-order valence-electron chi connectivity index (χ2n) is 6.15. The number of rotatable bonds is 13. The summed E-state index contributed by atoms with van der Waals surface area (Å²) in [5.74, 6) is 0.188. The summed E-state index contributed by atoms with van der Waals surface area (Å²) in [5.41, 5.74) is 0. The Labute approximate surface area is 143 Å². The molecule has 0 heterocycles. The lowest BCUT2D eigenvalue weighted by molar-refractivity contribution is -0.148. The van der Waals surface area contributed by atoms with E-state index in [9.17, 15) is 4.79 Å². The Morgan fingerprint density at radius 3 is 2.13 bits per heavy atom. The summed E-state index contributed by atoms with van der Waals surface area (Å²) in [5, 5.41) is 0. The Morgan fingerprint density at radius 2 is 1.57 bits per heavy atom. The van der Waals surface area contributed by atoms with Gasteiger partial charge < -0.3 is 4.74 Å². The van der Waals surface area contributed by atoms with Gasteiger partial charge in [-0.15, -0.1) is 0 Å². The minimum Gasteiger partial charge on any atom is -0.462 e. The molecule has 0 aliphatic heterocycles. The maximum atomic E-state index is 11.0. The van der Waals surface area contributed by atoms with Crippen LogP contribution >= 0.6 is 0 Å². The fourth-order valence-corrected chi connectivity index (χ4v) is 2.45. The second-order valence-corrected chi connectivity index (χ2v) is 6.15. The molecule has 0 radical (unpaired) electrons. The average Bonchev–Trinajstić information content (AvgIpc) is 2.53. The smallest absolute Gasteiger partial charge is 0.302 e. The Bertz CT molecular complexity index is 366. The molecule has 2 unspecified atom stereocenters. The molecule has 0 aromatic rings. The van der Waals surface area contributed by atoms with Crippen molar-refractivity contribution in [2.45, 2.75) is 85.2 Å². The number of hydrogen-bond donors (Lipinski definition) is 0. The first-order valence-electron chi connectivity index (χ1n) is 9.23. The van der Waals surface area contributed by atoms with E-state index in [1.54, 1.807) is 0 Å². The highest BCUT2D eigenvalue weighted by Gasteiger charge is 2.16. The van der Waals surface area contributed by atoms with Gasteiger partial charge in [-0.1, -0.05) is 70.1 Å². The van der Waals surface area contributed by atoms with Crippen LogP contribution in [0.4, 0.5) is 0 Å². The maximum absolute atomic E-state index is 11.0. The molecule has 0 saturated heterocycles. The largest absolute Gasteiger partial charge is 0.462 e. The third-order valence-corrected chi connectivity index (χ3v) is 3.88. The molecule has 0 saturated carbocycles. The molecule has 23 heavy (non-hydrogen) atoms. The van der Waals surface area contributed by atoms with Gasteiger partial charge in [0.1, 0.15) is 6.10 Å². The van der Waals surface area contributed by atoms with E-state index < -0.39 is 0 Å². The molecule has 132 valence electrons. The van der Waals surface area contributed by atoms with E-state index in [0.29, 0.717) is 5.92 Å². The van der Waals surface area contributed by atoms with E-state index in [2.05, 4.69) is 57.2 Å². The Balaban J connectivity index is 3.76. The fraction of sp³-hybridized carbons (Fsp3) is 0.667. The van der Waals surface area contributed by atoms with Crippen molar-refractivity contribution in [2.75, 3.05) is 0 Å². The first-order valence-corrected chi connectivity index (χ1v) is 9.23. The Kier molecular flexibility index (Phi) is 14.7. The lowest BCUT2D eigenvalue weighted by Gasteiger charge is -2.21. The van der Waals surface area contributed by atoms with Gasteiger partial charge in [0.2, 0.25) is 0 Å². The minimum atomic E-state index is -0.182. The molecule has 0 aromatic carbocycles. The van der Waals surface area contributed by atoms with E-state index in [1.165, 1.54) is 32.6 Å².